The van der Waals surface area contributed by atoms with Gasteiger partial charge in [-0.2, -0.15) is 0 Å². The van der Waals surface area contributed by atoms with E-state index >= 15 is 0 Å². The highest BCUT2D eigenvalue weighted by atomic mass is 79.9. The smallest absolute Gasteiger partial charge is 0.106 e. The van der Waals surface area contributed by atoms with Crippen LogP contribution < -0.4 is 0 Å². The minimum absolute atomic E-state index is 0.528. The van der Waals surface area contributed by atoms with Crippen LogP contribution in [0.5, 0.6) is 0 Å². The van der Waals surface area contributed by atoms with Gasteiger partial charge < -0.3 is 0 Å². The summed E-state index contributed by atoms with van der Waals surface area (Å²) < 4.78 is 0.790. The largest absolute Gasteiger partial charge is 0.241 e. The summed E-state index contributed by atoms with van der Waals surface area (Å²) in [6, 6.07) is 7.36. The number of aromatic nitrogens is 1. The van der Waals surface area contributed by atoms with Gasteiger partial charge in [-0.1, -0.05) is 29.3 Å². The predicted octanol–water partition coefficient (Wildman–Crippen LogP) is 4.30. The molecule has 0 spiro atoms. The first-order valence-electron chi connectivity index (χ1n) is 3.58. The van der Waals surface area contributed by atoms with Crippen LogP contribution in [-0.4, -0.2) is 4.98 Å². The summed E-state index contributed by atoms with van der Waals surface area (Å²) in [6.45, 7) is 0. The van der Waals surface area contributed by atoms with Gasteiger partial charge in [0.1, 0.15) is 4.60 Å². The average molecular weight is 277 g/mol. The third-order valence-corrected chi connectivity index (χ3v) is 2.86. The van der Waals surface area contributed by atoms with Crippen molar-refractivity contribution in [3.63, 3.8) is 0 Å². The molecule has 13 heavy (non-hydrogen) atoms. The Morgan fingerprint density at radius 1 is 1.08 bits per heavy atom. The molecule has 4 heteroatoms. The molecule has 0 radical (unpaired) electrons. The molecule has 0 aliphatic rings. The first-order chi connectivity index (χ1) is 6.16. The first-order valence-corrected chi connectivity index (χ1v) is 5.13. The zero-order valence-electron chi connectivity index (χ0n) is 6.39. The maximum Gasteiger partial charge on any atom is 0.106 e. The van der Waals surface area contributed by atoms with Gasteiger partial charge in [-0.05, 0) is 34.1 Å². The van der Waals surface area contributed by atoms with E-state index in [1.807, 2.05) is 12.1 Å². The summed E-state index contributed by atoms with van der Waals surface area (Å²) in [4.78, 5) is 4.25. The molecule has 0 bridgehead atoms. The van der Waals surface area contributed by atoms with E-state index in [0.29, 0.717) is 10.0 Å². The van der Waals surface area contributed by atoms with E-state index in [1.54, 1.807) is 12.1 Å². The van der Waals surface area contributed by atoms with Gasteiger partial charge >= 0.3 is 0 Å². The second-order valence-corrected chi connectivity index (χ2v) is 4.22. The Bertz CT molecular complexity index is 470. The van der Waals surface area contributed by atoms with Crippen molar-refractivity contribution in [3.05, 3.63) is 38.9 Å². The van der Waals surface area contributed by atoms with Crippen LogP contribution >= 0.6 is 39.1 Å². The van der Waals surface area contributed by atoms with Gasteiger partial charge in [-0.25, -0.2) is 4.98 Å². The molecule has 0 aliphatic heterocycles. The zero-order valence-corrected chi connectivity index (χ0v) is 9.49. The molecule has 66 valence electrons. The molecule has 1 heterocycles. The average Bonchev–Trinajstić information content (AvgIpc) is 2.08. The van der Waals surface area contributed by atoms with Gasteiger partial charge in [0, 0.05) is 5.39 Å². The van der Waals surface area contributed by atoms with Crippen molar-refractivity contribution in [2.45, 2.75) is 0 Å². The van der Waals surface area contributed by atoms with Crippen molar-refractivity contribution in [3.8, 4) is 0 Å². The second-order valence-electron chi connectivity index (χ2n) is 2.59. The summed E-state index contributed by atoms with van der Waals surface area (Å²) >= 11 is 15.0. The van der Waals surface area contributed by atoms with Crippen LogP contribution in [0.3, 0.4) is 0 Å². The molecule has 0 aliphatic carbocycles. The van der Waals surface area contributed by atoms with Crippen molar-refractivity contribution in [1.29, 1.82) is 0 Å². The number of hydrogen-bond acceptors (Lipinski definition) is 1. The molecular formula is C9H4BrCl2N. The molecule has 0 fully saturated rings. The lowest BCUT2D eigenvalue weighted by Crippen LogP contribution is -1.80. The quantitative estimate of drug-likeness (QED) is 0.654. The van der Waals surface area contributed by atoms with E-state index in [1.165, 1.54) is 0 Å². The van der Waals surface area contributed by atoms with Crippen LogP contribution in [-0.2, 0) is 0 Å². The number of hydrogen-bond donors (Lipinski definition) is 0. The maximum atomic E-state index is 5.86. The fraction of sp³-hybridized carbons (Fsp3) is 0. The van der Waals surface area contributed by atoms with Crippen molar-refractivity contribution in [2.24, 2.45) is 0 Å². The highest BCUT2D eigenvalue weighted by Gasteiger charge is 2.01. The van der Waals surface area contributed by atoms with E-state index in [4.69, 9.17) is 23.2 Å². The van der Waals surface area contributed by atoms with Crippen molar-refractivity contribution in [1.82, 2.24) is 4.98 Å². The van der Waals surface area contributed by atoms with Crippen LogP contribution in [0.4, 0.5) is 0 Å². The van der Waals surface area contributed by atoms with E-state index in [0.717, 1.165) is 15.5 Å². The van der Waals surface area contributed by atoms with Gasteiger partial charge in [-0.15, -0.1) is 0 Å². The predicted molar refractivity (Wildman–Crippen MR) is 59.5 cm³/mol. The number of nitrogens with zero attached hydrogens (tertiary/aromatic N) is 1. The minimum Gasteiger partial charge on any atom is -0.241 e. The fourth-order valence-electron chi connectivity index (χ4n) is 1.09. The normalized spacial score (nSPS) is 10.7. The Morgan fingerprint density at radius 3 is 2.54 bits per heavy atom. The van der Waals surface area contributed by atoms with Crippen molar-refractivity contribution in [2.75, 3.05) is 0 Å². The molecule has 2 rings (SSSR count). The van der Waals surface area contributed by atoms with Crippen LogP contribution in [0.2, 0.25) is 10.0 Å². The Morgan fingerprint density at radius 2 is 1.77 bits per heavy atom. The standard InChI is InChI=1S/C9H4BrCl2N/c10-9-2-1-5-3-6(11)7(12)4-8(5)13-9/h1-4H. The van der Waals surface area contributed by atoms with Gasteiger partial charge in [0.15, 0.2) is 0 Å². The molecule has 0 saturated heterocycles. The van der Waals surface area contributed by atoms with E-state index in [-0.39, 0.29) is 0 Å². The second kappa shape index (κ2) is 3.45. The SMILES string of the molecule is Clc1cc2ccc(Br)nc2cc1Cl. The molecule has 0 N–H and O–H groups in total. The number of fused-ring (bicyclic) bond motifs is 1. The lowest BCUT2D eigenvalue weighted by molar-refractivity contribution is 1.35. The van der Waals surface area contributed by atoms with Crippen LogP contribution in [0.15, 0.2) is 28.9 Å². The molecule has 0 saturated carbocycles. The monoisotopic (exact) mass is 275 g/mol. The Labute approximate surface area is 93.8 Å². The van der Waals surface area contributed by atoms with E-state index in [2.05, 4.69) is 20.9 Å². The molecule has 0 atom stereocenters. The molecule has 0 unspecified atom stereocenters. The lowest BCUT2D eigenvalue weighted by atomic mass is 10.2. The van der Waals surface area contributed by atoms with Gasteiger partial charge in [0.05, 0.1) is 15.6 Å². The molecule has 0 amide bonds. The van der Waals surface area contributed by atoms with E-state index in [9.17, 15) is 0 Å². The van der Waals surface area contributed by atoms with Crippen molar-refractivity contribution < 1.29 is 0 Å². The fourth-order valence-corrected chi connectivity index (χ4v) is 1.75. The Balaban J connectivity index is 2.81. The number of benzene rings is 1. The summed E-state index contributed by atoms with van der Waals surface area (Å²) in [5.74, 6) is 0. The van der Waals surface area contributed by atoms with Gasteiger partial charge in [0.25, 0.3) is 0 Å². The Kier molecular flexibility index (Phi) is 2.45. The molecule has 2 aromatic rings. The topological polar surface area (TPSA) is 12.9 Å². The lowest BCUT2D eigenvalue weighted by Gasteiger charge is -2.00. The summed E-state index contributed by atoms with van der Waals surface area (Å²) in [5, 5.41) is 2.07. The van der Waals surface area contributed by atoms with Crippen LogP contribution in [0.25, 0.3) is 10.9 Å². The van der Waals surface area contributed by atoms with Crippen LogP contribution in [0, 0.1) is 0 Å². The maximum absolute atomic E-state index is 5.86. The third kappa shape index (κ3) is 1.80. The summed E-state index contributed by atoms with van der Waals surface area (Å²) in [6.07, 6.45) is 0. The third-order valence-electron chi connectivity index (χ3n) is 1.70. The molecule has 1 nitrogen and oxygen atoms in total. The zero-order chi connectivity index (χ0) is 9.42. The Hall–Kier alpha value is -0.310. The highest BCUT2D eigenvalue weighted by Crippen LogP contribution is 2.27. The van der Waals surface area contributed by atoms with Crippen LogP contribution in [0.1, 0.15) is 0 Å². The highest BCUT2D eigenvalue weighted by molar-refractivity contribution is 9.10. The summed E-state index contributed by atoms with van der Waals surface area (Å²) in [7, 11) is 0. The number of rotatable bonds is 0. The van der Waals surface area contributed by atoms with Gasteiger partial charge in [0.2, 0.25) is 0 Å². The number of halogens is 3. The number of pyridine rings is 1. The molecular weight excluding hydrogens is 273 g/mol. The molecule has 1 aromatic heterocycles. The van der Waals surface area contributed by atoms with Crippen molar-refractivity contribution >= 4 is 50.0 Å². The summed E-state index contributed by atoms with van der Waals surface area (Å²) in [5.41, 5.74) is 0.837. The minimum atomic E-state index is 0.528. The van der Waals surface area contributed by atoms with E-state index < -0.39 is 0 Å². The first kappa shape index (κ1) is 9.25. The van der Waals surface area contributed by atoms with Gasteiger partial charge in [-0.3, -0.25) is 0 Å². The molecule has 1 aromatic carbocycles.